The summed E-state index contributed by atoms with van der Waals surface area (Å²) in [7, 11) is 0. The fourth-order valence-electron chi connectivity index (χ4n) is 0. The summed E-state index contributed by atoms with van der Waals surface area (Å²) in [4.78, 5) is 0. The normalized spacial score (nSPS) is 0. The Morgan fingerprint density at radius 1 is 1.25 bits per heavy atom. The van der Waals surface area contributed by atoms with E-state index in [2.05, 4.69) is 0 Å². The molecule has 0 radical (unpaired) electrons. The number of rotatable bonds is 0. The molecule has 0 saturated carbocycles. The van der Waals surface area contributed by atoms with Crippen molar-refractivity contribution in [1.82, 2.24) is 0 Å². The molecular formula is H7KMgNaP. The van der Waals surface area contributed by atoms with Crippen molar-refractivity contribution < 1.29 is 86.6 Å². The van der Waals surface area contributed by atoms with Gasteiger partial charge in [0.25, 0.3) is 0 Å². The monoisotopic (exact) mass is 124 g/mol. The van der Waals surface area contributed by atoms with Crippen molar-refractivity contribution in [2.75, 3.05) is 0 Å². The average Bonchev–Trinajstić information content (AvgIpc) is 0. The molecule has 4 heavy (non-hydrogen) atoms. The van der Waals surface area contributed by atoms with Crippen LogP contribution in [0.1, 0.15) is 5.71 Å². The predicted octanol–water partition coefficient (Wildman–Crippen LogP) is -5.86. The van der Waals surface area contributed by atoms with Crippen molar-refractivity contribution >= 4 is 33.0 Å². The molecule has 0 fully saturated rings. The Bertz CT molecular complexity index is 16.0. The van der Waals surface area contributed by atoms with E-state index in [4.69, 9.17) is 0 Å². The molecule has 1 atom stereocenters. The van der Waals surface area contributed by atoms with Crippen LogP contribution >= 0.6 is 9.90 Å². The van der Waals surface area contributed by atoms with Crippen molar-refractivity contribution in [3.8, 4) is 0 Å². The fraction of sp³-hybridized carbons (Fsp3) is 0. The number of hydrogen-bond donors (Lipinski definition) is 0. The van der Waals surface area contributed by atoms with Crippen LogP contribution in [0.5, 0.6) is 0 Å². The minimum Gasteiger partial charge on any atom is -1.00 e. The summed E-state index contributed by atoms with van der Waals surface area (Å²) in [5.41, 5.74) is 0. The molecule has 0 bridgehead atoms. The van der Waals surface area contributed by atoms with Crippen molar-refractivity contribution in [1.29, 1.82) is 0 Å². The van der Waals surface area contributed by atoms with E-state index in [1.165, 1.54) is 0 Å². The second kappa shape index (κ2) is 15.8. The minimum atomic E-state index is 0. The molecule has 0 saturated heterocycles. The van der Waals surface area contributed by atoms with E-state index >= 15 is 0 Å². The summed E-state index contributed by atoms with van der Waals surface area (Å²) in [6.07, 6.45) is 0. The van der Waals surface area contributed by atoms with Crippen molar-refractivity contribution in [3.63, 3.8) is 0 Å². The van der Waals surface area contributed by atoms with Gasteiger partial charge in [-0.1, -0.05) is 0 Å². The molecule has 0 rings (SSSR count). The zero-order valence-electron chi connectivity index (χ0n) is 7.41. The van der Waals surface area contributed by atoms with Gasteiger partial charge in [0.15, 0.2) is 0 Å². The van der Waals surface area contributed by atoms with E-state index in [-0.39, 0.29) is 120 Å². The van der Waals surface area contributed by atoms with Crippen LogP contribution in [0.2, 0.25) is 0 Å². The van der Waals surface area contributed by atoms with Gasteiger partial charge in [-0.2, -0.15) is 9.90 Å². The predicted molar refractivity (Wildman–Crippen MR) is 21.3 cm³/mol. The molecule has 4 heteroatoms. The smallest absolute Gasteiger partial charge is 1.00 e. The summed E-state index contributed by atoms with van der Waals surface area (Å²) in [6, 6.07) is 0. The first-order valence-electron chi connectivity index (χ1n) is 0. The van der Waals surface area contributed by atoms with Crippen LogP contribution in [-0.4, -0.2) is 23.1 Å². The molecule has 0 aromatic rings. The molecule has 16 valence electrons. The van der Waals surface area contributed by atoms with Crippen LogP contribution in [0.15, 0.2) is 0 Å². The molecule has 0 aliphatic heterocycles. The Morgan fingerprint density at radius 3 is 1.25 bits per heavy atom. The van der Waals surface area contributed by atoms with Gasteiger partial charge in [0.05, 0.1) is 0 Å². The summed E-state index contributed by atoms with van der Waals surface area (Å²) >= 11 is 0. The first kappa shape index (κ1) is 24.9. The maximum absolute atomic E-state index is 0. The maximum Gasteiger partial charge on any atom is 2.00 e. The van der Waals surface area contributed by atoms with Gasteiger partial charge >= 0.3 is 104 Å². The minimum absolute atomic E-state index is 0. The van der Waals surface area contributed by atoms with Gasteiger partial charge < -0.3 is 5.71 Å². The summed E-state index contributed by atoms with van der Waals surface area (Å²) in [5.74, 6) is 0. The zero-order chi connectivity index (χ0) is 0. The van der Waals surface area contributed by atoms with Crippen LogP contribution in [0.4, 0.5) is 0 Å². The molecule has 0 heterocycles. The number of hydrogen-bond acceptors (Lipinski definition) is 0. The SMILES string of the molecule is P.[H-].[H-].[H-].[H-].[K+].[Mg+2].[Na+]. The van der Waals surface area contributed by atoms with Gasteiger partial charge in [-0.05, 0) is 0 Å². The molecule has 0 aromatic carbocycles. The van der Waals surface area contributed by atoms with Crippen LogP contribution in [0.3, 0.4) is 0 Å². The molecule has 0 N–H and O–H groups in total. The van der Waals surface area contributed by atoms with Crippen LogP contribution < -0.4 is 80.9 Å². The van der Waals surface area contributed by atoms with E-state index in [1.54, 1.807) is 0 Å². The molecular weight excluding hydrogens is 117 g/mol. The Labute approximate surface area is 117 Å². The zero-order valence-corrected chi connectivity index (χ0v) is 11.4. The largest absolute Gasteiger partial charge is 2.00 e. The third kappa shape index (κ3) is 9.27. The molecule has 0 spiro atoms. The fourth-order valence-corrected chi connectivity index (χ4v) is 0. The second-order valence-electron chi connectivity index (χ2n) is 0. The molecule has 0 aliphatic rings. The second-order valence-corrected chi connectivity index (χ2v) is 0. The van der Waals surface area contributed by atoms with Crippen molar-refractivity contribution in [3.05, 3.63) is 0 Å². The van der Waals surface area contributed by atoms with E-state index in [1.807, 2.05) is 0 Å². The summed E-state index contributed by atoms with van der Waals surface area (Å²) in [6.45, 7) is 0. The average molecular weight is 124 g/mol. The van der Waals surface area contributed by atoms with Gasteiger partial charge in [0.2, 0.25) is 0 Å². The van der Waals surface area contributed by atoms with Crippen LogP contribution in [0, 0.1) is 0 Å². The Balaban J connectivity index is 0. The summed E-state index contributed by atoms with van der Waals surface area (Å²) < 4.78 is 0. The molecule has 0 aliphatic carbocycles. The van der Waals surface area contributed by atoms with Crippen LogP contribution in [-0.2, 0) is 0 Å². The van der Waals surface area contributed by atoms with Gasteiger partial charge in [-0.25, -0.2) is 0 Å². The van der Waals surface area contributed by atoms with Gasteiger partial charge in [0.1, 0.15) is 0 Å². The van der Waals surface area contributed by atoms with E-state index in [0.717, 1.165) is 0 Å². The maximum atomic E-state index is 0. The van der Waals surface area contributed by atoms with Crippen molar-refractivity contribution in [2.24, 2.45) is 0 Å². The Morgan fingerprint density at radius 2 is 1.25 bits per heavy atom. The first-order chi connectivity index (χ1) is 0. The molecule has 0 aromatic heterocycles. The van der Waals surface area contributed by atoms with Crippen molar-refractivity contribution in [2.45, 2.75) is 0 Å². The third-order valence-corrected chi connectivity index (χ3v) is 0. The Kier molecular flexibility index (Phi) is 98.5. The van der Waals surface area contributed by atoms with E-state index in [0.29, 0.717) is 0 Å². The first-order valence-corrected chi connectivity index (χ1v) is 0. The van der Waals surface area contributed by atoms with E-state index < -0.39 is 0 Å². The Hall–Kier alpha value is 3.83. The quantitative estimate of drug-likeness (QED) is 0.223. The van der Waals surface area contributed by atoms with Gasteiger partial charge in [0, 0.05) is 0 Å². The molecule has 1 unspecified atom stereocenters. The van der Waals surface area contributed by atoms with Gasteiger partial charge in [-0.3, -0.25) is 0 Å². The molecule has 0 nitrogen and oxygen atoms in total. The molecule has 0 amide bonds. The third-order valence-electron chi connectivity index (χ3n) is 0. The standard InChI is InChI=1S/K.Mg.Na.H3P.4H/h;;;1H3;;;;/q+1;+2;+1;;4*-1. The van der Waals surface area contributed by atoms with E-state index in [9.17, 15) is 0 Å². The topological polar surface area (TPSA) is 0 Å². The summed E-state index contributed by atoms with van der Waals surface area (Å²) in [5, 5.41) is 0. The van der Waals surface area contributed by atoms with Gasteiger partial charge in [-0.15, -0.1) is 0 Å². The van der Waals surface area contributed by atoms with Crippen LogP contribution in [0.25, 0.3) is 0 Å².